The first-order chi connectivity index (χ1) is 15.6. The molecule has 0 spiro atoms. The van der Waals surface area contributed by atoms with E-state index in [4.69, 9.17) is 14.2 Å². The number of amides is 1. The predicted molar refractivity (Wildman–Crippen MR) is 122 cm³/mol. The number of benzene rings is 2. The second-order valence-electron chi connectivity index (χ2n) is 7.39. The Hall–Kier alpha value is -3.81. The van der Waals surface area contributed by atoms with Gasteiger partial charge in [-0.3, -0.25) is 4.79 Å². The number of carbonyl (C=O) groups is 1. The van der Waals surface area contributed by atoms with Crippen molar-refractivity contribution in [1.82, 2.24) is 15.1 Å². The topological polar surface area (TPSA) is 77.0 Å². The molecule has 0 radical (unpaired) electrons. The van der Waals surface area contributed by atoms with Crippen molar-refractivity contribution in [2.45, 2.75) is 0 Å². The van der Waals surface area contributed by atoms with Gasteiger partial charge in [-0.25, -0.2) is 0 Å². The standard InChI is InChI=1S/C24H26N4O4/c1-30-19-6-4-5-17(13-19)22-7-8-23(26-25-22)27-9-11-28(12-10-27)24(29)18-14-20(31-2)16-21(15-18)32-3/h4-8,13-16H,9-12H2,1-3H3. The van der Waals surface area contributed by atoms with Crippen LogP contribution in [-0.4, -0.2) is 68.5 Å². The summed E-state index contributed by atoms with van der Waals surface area (Å²) in [5.74, 6) is 2.73. The smallest absolute Gasteiger partial charge is 0.254 e. The lowest BCUT2D eigenvalue weighted by molar-refractivity contribution is 0.0745. The van der Waals surface area contributed by atoms with Crippen molar-refractivity contribution in [1.29, 1.82) is 0 Å². The molecular formula is C24H26N4O4. The molecule has 1 aromatic heterocycles. The Labute approximate surface area is 187 Å². The van der Waals surface area contributed by atoms with Crippen LogP contribution in [0.1, 0.15) is 10.4 Å². The molecule has 3 aromatic rings. The van der Waals surface area contributed by atoms with Gasteiger partial charge < -0.3 is 24.0 Å². The molecule has 1 amide bonds. The van der Waals surface area contributed by atoms with E-state index < -0.39 is 0 Å². The molecular weight excluding hydrogens is 408 g/mol. The molecule has 166 valence electrons. The third kappa shape index (κ3) is 4.59. The Morgan fingerprint density at radius 3 is 2.06 bits per heavy atom. The van der Waals surface area contributed by atoms with E-state index in [9.17, 15) is 4.79 Å². The minimum absolute atomic E-state index is 0.0405. The zero-order chi connectivity index (χ0) is 22.5. The van der Waals surface area contributed by atoms with Gasteiger partial charge in [0.1, 0.15) is 17.2 Å². The van der Waals surface area contributed by atoms with Gasteiger partial charge in [-0.1, -0.05) is 12.1 Å². The fourth-order valence-corrected chi connectivity index (χ4v) is 3.68. The summed E-state index contributed by atoms with van der Waals surface area (Å²) in [6.45, 7) is 2.55. The third-order valence-electron chi connectivity index (χ3n) is 5.51. The Balaban J connectivity index is 1.41. The van der Waals surface area contributed by atoms with Crippen molar-refractivity contribution in [3.05, 3.63) is 60.2 Å². The number of methoxy groups -OCH3 is 3. The first-order valence-corrected chi connectivity index (χ1v) is 10.4. The average Bonchev–Trinajstić information content (AvgIpc) is 2.88. The lowest BCUT2D eigenvalue weighted by atomic mass is 10.1. The number of hydrogen-bond donors (Lipinski definition) is 0. The van der Waals surface area contributed by atoms with Crippen LogP contribution in [0.2, 0.25) is 0 Å². The fraction of sp³-hybridized carbons (Fsp3) is 0.292. The van der Waals surface area contributed by atoms with Crippen LogP contribution in [0.25, 0.3) is 11.3 Å². The first-order valence-electron chi connectivity index (χ1n) is 10.4. The second kappa shape index (κ2) is 9.55. The normalized spacial score (nSPS) is 13.6. The predicted octanol–water partition coefficient (Wildman–Crippen LogP) is 3.13. The highest BCUT2D eigenvalue weighted by atomic mass is 16.5. The van der Waals surface area contributed by atoms with E-state index in [0.29, 0.717) is 43.2 Å². The van der Waals surface area contributed by atoms with Gasteiger partial charge in [0.05, 0.1) is 27.0 Å². The van der Waals surface area contributed by atoms with E-state index in [1.54, 1.807) is 39.5 Å². The van der Waals surface area contributed by atoms with E-state index in [0.717, 1.165) is 22.8 Å². The van der Waals surface area contributed by atoms with Gasteiger partial charge in [0.2, 0.25) is 0 Å². The van der Waals surface area contributed by atoms with Gasteiger partial charge in [-0.2, -0.15) is 0 Å². The number of anilines is 1. The summed E-state index contributed by atoms with van der Waals surface area (Å²) in [5.41, 5.74) is 2.29. The Morgan fingerprint density at radius 2 is 1.47 bits per heavy atom. The van der Waals surface area contributed by atoms with Gasteiger partial charge in [0.15, 0.2) is 5.82 Å². The van der Waals surface area contributed by atoms with Gasteiger partial charge in [0, 0.05) is 43.4 Å². The summed E-state index contributed by atoms with van der Waals surface area (Å²) in [4.78, 5) is 17.0. The Kier molecular flexibility index (Phi) is 6.39. The molecule has 1 fully saturated rings. The molecule has 0 unspecified atom stereocenters. The minimum atomic E-state index is -0.0405. The van der Waals surface area contributed by atoms with Gasteiger partial charge in [-0.05, 0) is 36.4 Å². The molecule has 8 heteroatoms. The average molecular weight is 434 g/mol. The number of ether oxygens (including phenoxy) is 3. The summed E-state index contributed by atoms with van der Waals surface area (Å²) in [6.07, 6.45) is 0. The molecule has 2 heterocycles. The quantitative estimate of drug-likeness (QED) is 0.590. The molecule has 0 N–H and O–H groups in total. The zero-order valence-corrected chi connectivity index (χ0v) is 18.4. The second-order valence-corrected chi connectivity index (χ2v) is 7.39. The molecule has 0 aliphatic carbocycles. The molecule has 1 aliphatic rings. The summed E-state index contributed by atoms with van der Waals surface area (Å²) < 4.78 is 15.8. The van der Waals surface area contributed by atoms with Crippen LogP contribution in [0.3, 0.4) is 0 Å². The molecule has 0 atom stereocenters. The molecule has 1 aliphatic heterocycles. The number of nitrogens with zero attached hydrogens (tertiary/aromatic N) is 4. The van der Waals surface area contributed by atoms with Crippen LogP contribution in [-0.2, 0) is 0 Å². The van der Waals surface area contributed by atoms with Crippen molar-refractivity contribution < 1.29 is 19.0 Å². The highest BCUT2D eigenvalue weighted by Crippen LogP contribution is 2.25. The first kappa shape index (κ1) is 21.4. The van der Waals surface area contributed by atoms with Crippen LogP contribution in [0.5, 0.6) is 17.2 Å². The van der Waals surface area contributed by atoms with Crippen LogP contribution in [0.4, 0.5) is 5.82 Å². The zero-order valence-electron chi connectivity index (χ0n) is 18.4. The Morgan fingerprint density at radius 1 is 0.781 bits per heavy atom. The number of aromatic nitrogens is 2. The molecule has 8 nitrogen and oxygen atoms in total. The van der Waals surface area contributed by atoms with Crippen LogP contribution < -0.4 is 19.1 Å². The summed E-state index contributed by atoms with van der Waals surface area (Å²) in [5, 5.41) is 8.79. The summed E-state index contributed by atoms with van der Waals surface area (Å²) >= 11 is 0. The van der Waals surface area contributed by atoms with Crippen molar-refractivity contribution in [2.75, 3.05) is 52.4 Å². The van der Waals surface area contributed by atoms with Crippen molar-refractivity contribution in [2.24, 2.45) is 0 Å². The van der Waals surface area contributed by atoms with E-state index in [1.165, 1.54) is 0 Å². The maximum Gasteiger partial charge on any atom is 0.254 e. The Bertz CT molecular complexity index is 1060. The lowest BCUT2D eigenvalue weighted by Crippen LogP contribution is -2.49. The lowest BCUT2D eigenvalue weighted by Gasteiger charge is -2.35. The van der Waals surface area contributed by atoms with Crippen LogP contribution in [0.15, 0.2) is 54.6 Å². The highest BCUT2D eigenvalue weighted by molar-refractivity contribution is 5.95. The maximum atomic E-state index is 13.0. The van der Waals surface area contributed by atoms with E-state index in [-0.39, 0.29) is 5.91 Å². The third-order valence-corrected chi connectivity index (χ3v) is 5.51. The van der Waals surface area contributed by atoms with Crippen LogP contribution >= 0.6 is 0 Å². The summed E-state index contributed by atoms with van der Waals surface area (Å²) in [6, 6.07) is 16.9. The maximum absolute atomic E-state index is 13.0. The number of rotatable bonds is 6. The van der Waals surface area contributed by atoms with Crippen molar-refractivity contribution >= 4 is 11.7 Å². The van der Waals surface area contributed by atoms with Crippen molar-refractivity contribution in [3.8, 4) is 28.5 Å². The monoisotopic (exact) mass is 434 g/mol. The summed E-state index contributed by atoms with van der Waals surface area (Å²) in [7, 11) is 4.79. The molecule has 2 aromatic carbocycles. The molecule has 32 heavy (non-hydrogen) atoms. The number of carbonyl (C=O) groups excluding carboxylic acids is 1. The molecule has 4 rings (SSSR count). The van der Waals surface area contributed by atoms with Crippen LogP contribution in [0, 0.1) is 0 Å². The van der Waals surface area contributed by atoms with Gasteiger partial charge >= 0.3 is 0 Å². The number of piperazine rings is 1. The molecule has 0 bridgehead atoms. The van der Waals surface area contributed by atoms with Crippen molar-refractivity contribution in [3.63, 3.8) is 0 Å². The number of hydrogen-bond acceptors (Lipinski definition) is 7. The molecule has 0 saturated carbocycles. The fourth-order valence-electron chi connectivity index (χ4n) is 3.68. The molecule has 1 saturated heterocycles. The highest BCUT2D eigenvalue weighted by Gasteiger charge is 2.24. The van der Waals surface area contributed by atoms with E-state index in [1.807, 2.05) is 41.3 Å². The SMILES string of the molecule is COc1cc(OC)cc(C(=O)N2CCN(c3ccc(-c4cccc(OC)c4)nn3)CC2)c1. The van der Waals surface area contributed by atoms with E-state index in [2.05, 4.69) is 15.1 Å². The van der Waals surface area contributed by atoms with Gasteiger partial charge in [-0.15, -0.1) is 10.2 Å². The largest absolute Gasteiger partial charge is 0.497 e. The minimum Gasteiger partial charge on any atom is -0.497 e. The van der Waals surface area contributed by atoms with E-state index >= 15 is 0 Å². The van der Waals surface area contributed by atoms with Gasteiger partial charge in [0.25, 0.3) is 5.91 Å².